The number of carbonyl (C=O) groups is 1. The number of benzene rings is 2. The third-order valence-corrected chi connectivity index (χ3v) is 6.25. The van der Waals surface area contributed by atoms with Gasteiger partial charge in [-0.15, -0.1) is 0 Å². The van der Waals surface area contributed by atoms with E-state index in [0.29, 0.717) is 11.3 Å². The number of fused-ring (bicyclic) bond motifs is 4. The average molecular weight is 418 g/mol. The van der Waals surface area contributed by atoms with Gasteiger partial charge in [0.05, 0.1) is 16.9 Å². The Morgan fingerprint density at radius 2 is 1.97 bits per heavy atom. The van der Waals surface area contributed by atoms with Crippen LogP contribution in [0.25, 0.3) is 0 Å². The maximum atomic E-state index is 13.5. The molecule has 1 amide bonds. The molecular weight excluding hydrogens is 400 g/mol. The summed E-state index contributed by atoms with van der Waals surface area (Å²) >= 11 is 0. The summed E-state index contributed by atoms with van der Waals surface area (Å²) in [5.41, 5.74) is 13.2. The number of carbonyl (C=O) groups excluding carboxylic acids is 1. The Balaban J connectivity index is 1.78. The van der Waals surface area contributed by atoms with Gasteiger partial charge in [0.1, 0.15) is 17.1 Å². The first-order valence-corrected chi connectivity index (χ1v) is 9.63. The monoisotopic (exact) mass is 418 g/mol. The molecule has 0 aromatic heterocycles. The first kappa shape index (κ1) is 19.0. The van der Waals surface area contributed by atoms with E-state index in [0.717, 1.165) is 11.1 Å². The third kappa shape index (κ3) is 2.48. The van der Waals surface area contributed by atoms with Gasteiger partial charge in [-0.3, -0.25) is 14.9 Å². The smallest absolute Gasteiger partial charge is 0.269 e. The second kappa shape index (κ2) is 6.53. The quantitative estimate of drug-likeness (QED) is 0.423. The number of nitriles is 1. The molecule has 2 aromatic rings. The van der Waals surface area contributed by atoms with Crippen molar-refractivity contribution in [1.29, 1.82) is 5.26 Å². The molecule has 0 bridgehead atoms. The minimum Gasteiger partial charge on any atom is -0.458 e. The van der Waals surface area contributed by atoms with Crippen molar-refractivity contribution in [3.63, 3.8) is 0 Å². The largest absolute Gasteiger partial charge is 0.458 e. The van der Waals surface area contributed by atoms with E-state index in [1.807, 2.05) is 37.3 Å². The lowest BCUT2D eigenvalue weighted by molar-refractivity contribution is -0.384. The first-order chi connectivity index (χ1) is 14.9. The molecule has 10 nitrogen and oxygen atoms in total. The van der Waals surface area contributed by atoms with Crippen LogP contribution in [0, 0.1) is 34.3 Å². The summed E-state index contributed by atoms with van der Waals surface area (Å²) < 4.78 is 5.76. The van der Waals surface area contributed by atoms with Gasteiger partial charge >= 0.3 is 0 Å². The van der Waals surface area contributed by atoms with Crippen LogP contribution < -0.4 is 21.9 Å². The average Bonchev–Trinajstić information content (AvgIpc) is 3.28. The number of amides is 1. The molecule has 0 aliphatic carbocycles. The minimum atomic E-state index is -1.56. The second-order valence-corrected chi connectivity index (χ2v) is 7.84. The number of nitrogens with two attached hydrogens (primary N) is 1. The number of non-ortho nitro benzene ring substituents is 1. The van der Waals surface area contributed by atoms with Crippen molar-refractivity contribution in [1.82, 2.24) is 10.9 Å². The van der Waals surface area contributed by atoms with Gasteiger partial charge in [-0.25, -0.2) is 10.9 Å². The predicted octanol–water partition coefficient (Wildman–Crippen LogP) is 1.61. The van der Waals surface area contributed by atoms with E-state index >= 15 is 0 Å². The van der Waals surface area contributed by atoms with Crippen LogP contribution in [-0.4, -0.2) is 17.1 Å². The van der Waals surface area contributed by atoms with E-state index in [9.17, 15) is 20.2 Å². The summed E-state index contributed by atoms with van der Waals surface area (Å²) in [5.74, 6) is -1.29. The molecular formula is C21H18N6O4. The molecule has 3 aliphatic heterocycles. The Morgan fingerprint density at radius 1 is 1.23 bits per heavy atom. The van der Waals surface area contributed by atoms with Crippen molar-refractivity contribution in [2.75, 3.05) is 5.32 Å². The van der Waals surface area contributed by atoms with Crippen LogP contribution in [-0.2, 0) is 14.9 Å². The van der Waals surface area contributed by atoms with E-state index < -0.39 is 34.4 Å². The Kier molecular flexibility index (Phi) is 4.01. The van der Waals surface area contributed by atoms with E-state index in [4.69, 9.17) is 10.5 Å². The summed E-state index contributed by atoms with van der Waals surface area (Å²) in [6.45, 7) is 1.97. The zero-order valence-corrected chi connectivity index (χ0v) is 16.4. The fourth-order valence-corrected chi connectivity index (χ4v) is 4.87. The molecule has 3 heterocycles. The number of rotatable bonds is 2. The number of anilines is 1. The number of hydrogen-bond acceptors (Lipinski definition) is 8. The molecule has 4 atom stereocenters. The minimum absolute atomic E-state index is 0.0619. The van der Waals surface area contributed by atoms with Crippen LogP contribution in [0.5, 0.6) is 0 Å². The topological polar surface area (TPSA) is 155 Å². The molecule has 5 N–H and O–H groups in total. The highest BCUT2D eigenvalue weighted by Crippen LogP contribution is 2.57. The Hall–Kier alpha value is -3.94. The number of nitro benzene ring substituents is 1. The van der Waals surface area contributed by atoms with Crippen molar-refractivity contribution in [3.05, 3.63) is 80.7 Å². The number of hydrazine groups is 1. The lowest BCUT2D eigenvalue weighted by Gasteiger charge is -2.42. The van der Waals surface area contributed by atoms with Crippen molar-refractivity contribution in [3.8, 4) is 6.07 Å². The maximum Gasteiger partial charge on any atom is 0.269 e. The van der Waals surface area contributed by atoms with Crippen LogP contribution in [0.15, 0.2) is 53.9 Å². The lowest BCUT2D eigenvalue weighted by atomic mass is 9.61. The summed E-state index contributed by atoms with van der Waals surface area (Å²) in [6.07, 6.45) is -0.737. The molecule has 3 aliphatic rings. The zero-order valence-electron chi connectivity index (χ0n) is 16.4. The van der Waals surface area contributed by atoms with Crippen LogP contribution in [0.2, 0.25) is 0 Å². The summed E-state index contributed by atoms with van der Waals surface area (Å²) in [4.78, 5) is 24.5. The zero-order chi connectivity index (χ0) is 21.9. The molecule has 156 valence electrons. The molecule has 10 heteroatoms. The number of hydrogen-bond donors (Lipinski definition) is 4. The van der Waals surface area contributed by atoms with Gasteiger partial charge in [0.15, 0.2) is 6.23 Å². The van der Waals surface area contributed by atoms with Crippen LogP contribution >= 0.6 is 0 Å². The first-order valence-electron chi connectivity index (χ1n) is 9.63. The number of aryl methyl sites for hydroxylation is 1. The van der Waals surface area contributed by atoms with Crippen LogP contribution in [0.4, 0.5) is 11.4 Å². The van der Waals surface area contributed by atoms with Gasteiger partial charge in [0.2, 0.25) is 11.8 Å². The molecule has 1 saturated heterocycles. The number of nitro groups is 1. The van der Waals surface area contributed by atoms with Crippen LogP contribution in [0.3, 0.4) is 0 Å². The van der Waals surface area contributed by atoms with Crippen LogP contribution in [0.1, 0.15) is 22.7 Å². The lowest BCUT2D eigenvalue weighted by Crippen LogP contribution is -2.54. The van der Waals surface area contributed by atoms with E-state index in [-0.39, 0.29) is 17.1 Å². The molecule has 1 spiro atoms. The van der Waals surface area contributed by atoms with Crippen molar-refractivity contribution in [2.45, 2.75) is 24.6 Å². The highest BCUT2D eigenvalue weighted by molar-refractivity contribution is 6.10. The molecule has 0 saturated carbocycles. The Labute approximate surface area is 176 Å². The third-order valence-electron chi connectivity index (χ3n) is 6.25. The normalized spacial score (nSPS) is 28.5. The van der Waals surface area contributed by atoms with Gasteiger partial charge in [-0.05, 0) is 18.6 Å². The van der Waals surface area contributed by atoms with Crippen molar-refractivity contribution < 1.29 is 14.5 Å². The standard InChI is InChI=1S/C21H18N6O4/c1-10-2-4-11(5-3-10)17-16-19(26-25-17)31-18(23)14(9-22)21(16)13-8-12(27(29)30)6-7-15(13)24-20(21)28/h2-8,16-17,19,25-26H,23H2,1H3,(H,24,28). The van der Waals surface area contributed by atoms with Gasteiger partial charge in [0.25, 0.3) is 5.69 Å². The predicted molar refractivity (Wildman–Crippen MR) is 109 cm³/mol. The van der Waals surface area contributed by atoms with Gasteiger partial charge < -0.3 is 15.8 Å². The van der Waals surface area contributed by atoms with Gasteiger partial charge in [-0.1, -0.05) is 29.8 Å². The molecule has 1 fully saturated rings. The second-order valence-electron chi connectivity index (χ2n) is 7.84. The molecule has 2 aromatic carbocycles. The fraction of sp³-hybridized carbons (Fsp3) is 0.238. The number of nitrogens with one attached hydrogen (secondary N) is 3. The molecule has 0 radical (unpaired) electrons. The molecule has 4 unspecified atom stereocenters. The van der Waals surface area contributed by atoms with Crippen molar-refractivity contribution >= 4 is 17.3 Å². The van der Waals surface area contributed by atoms with Gasteiger partial charge in [0, 0.05) is 23.4 Å². The maximum absolute atomic E-state index is 13.5. The summed E-state index contributed by atoms with van der Waals surface area (Å²) in [7, 11) is 0. The van der Waals surface area contributed by atoms with E-state index in [2.05, 4.69) is 16.2 Å². The molecule has 5 rings (SSSR count). The molecule has 31 heavy (non-hydrogen) atoms. The summed E-state index contributed by atoms with van der Waals surface area (Å²) in [6, 6.07) is 13.5. The highest BCUT2D eigenvalue weighted by Gasteiger charge is 2.65. The SMILES string of the molecule is Cc1ccc(C2NNC3OC(N)=C(C#N)C4(C(=O)Nc5ccc([N+](=O)[O-])cc54)C32)cc1. The fourth-order valence-electron chi connectivity index (χ4n) is 4.87. The van der Waals surface area contributed by atoms with Gasteiger partial charge in [-0.2, -0.15) is 5.26 Å². The highest BCUT2D eigenvalue weighted by atomic mass is 16.6. The van der Waals surface area contributed by atoms with E-state index in [1.165, 1.54) is 18.2 Å². The number of ether oxygens (including phenoxy) is 1. The van der Waals surface area contributed by atoms with E-state index in [1.54, 1.807) is 0 Å². The Bertz CT molecular complexity index is 1200. The number of nitrogens with zero attached hydrogens (tertiary/aromatic N) is 2. The Morgan fingerprint density at radius 3 is 2.65 bits per heavy atom. The summed E-state index contributed by atoms with van der Waals surface area (Å²) in [5, 5.41) is 24.3. The van der Waals surface area contributed by atoms with Crippen molar-refractivity contribution in [2.24, 2.45) is 11.7 Å².